The van der Waals surface area contributed by atoms with Crippen molar-refractivity contribution in [3.05, 3.63) is 197 Å². The van der Waals surface area contributed by atoms with E-state index in [1.165, 1.54) is 37.2 Å². The number of hydrogen-bond acceptors (Lipinski definition) is 21. The number of likely N-dealkylation sites (N-methyl/N-ethyl adjacent to an activating group) is 2. The monoisotopic (exact) mass is 1680 g/mol. The number of likely N-dealkylation sites (tertiary alicyclic amines) is 3. The van der Waals surface area contributed by atoms with E-state index in [4.69, 9.17) is 14.2 Å². The molecule has 6 aromatic heterocycles. The average molecular weight is 1680 g/mol. The second-order valence-corrected chi connectivity index (χ2v) is 31.8. The summed E-state index contributed by atoms with van der Waals surface area (Å²) in [4.78, 5) is 92.5. The number of rotatable bonds is 19. The van der Waals surface area contributed by atoms with Crippen molar-refractivity contribution in [3.63, 3.8) is 0 Å². The number of piperidine rings is 3. The zero-order valence-electron chi connectivity index (χ0n) is 69.4. The molecular weight excluding hydrogens is 1590 g/mol. The zero-order chi connectivity index (χ0) is 85.4. The summed E-state index contributed by atoms with van der Waals surface area (Å²) in [6, 6.07) is 31.2. The number of anilines is 9. The van der Waals surface area contributed by atoms with Gasteiger partial charge in [0.2, 0.25) is 17.6 Å². The molecule has 0 aliphatic carbocycles. The van der Waals surface area contributed by atoms with Crippen molar-refractivity contribution in [2.45, 2.75) is 85.5 Å². The van der Waals surface area contributed by atoms with Gasteiger partial charge in [0.15, 0.2) is 69.6 Å². The smallest absolute Gasteiger partial charge is 0.263 e. The maximum Gasteiger partial charge on any atom is 0.263 e. The Labute approximate surface area is 707 Å². The number of nitrogens with one attached hydrogen (secondary N) is 7. The summed E-state index contributed by atoms with van der Waals surface area (Å²) in [5.41, 5.74) is 7.75. The Kier molecular flexibility index (Phi) is 25.7. The summed E-state index contributed by atoms with van der Waals surface area (Å²) >= 11 is 0. The molecule has 0 radical (unpaired) electrons. The van der Waals surface area contributed by atoms with E-state index in [1.807, 2.05) is 72.8 Å². The lowest BCUT2D eigenvalue weighted by Crippen LogP contribution is -2.46. The van der Waals surface area contributed by atoms with Crippen molar-refractivity contribution in [1.29, 1.82) is 0 Å². The topological polar surface area (TPSA) is 278 Å². The lowest BCUT2D eigenvalue weighted by Gasteiger charge is -2.35. The summed E-state index contributed by atoms with van der Waals surface area (Å²) in [5, 5.41) is 13.2. The third-order valence-corrected chi connectivity index (χ3v) is 23.3. The number of fused-ring (bicyclic) bond motifs is 3. The van der Waals surface area contributed by atoms with Crippen LogP contribution in [0.25, 0.3) is 32.7 Å². The van der Waals surface area contributed by atoms with Crippen LogP contribution in [0.3, 0.4) is 0 Å². The summed E-state index contributed by atoms with van der Waals surface area (Å²) in [6.07, 6.45) is 12.2. The fraction of sp³-hybridized carbons (Fsp3) is 0.367. The van der Waals surface area contributed by atoms with Gasteiger partial charge in [-0.25, -0.2) is 56.2 Å². The number of aromatic amines is 3. The molecule has 7 N–H and O–H groups in total. The van der Waals surface area contributed by atoms with Crippen molar-refractivity contribution in [3.8, 4) is 34.9 Å². The molecule has 0 bridgehead atoms. The number of piperazine rings is 3. The number of hydrogen-bond donors (Lipinski definition) is 7. The van der Waals surface area contributed by atoms with Gasteiger partial charge in [0.1, 0.15) is 35.7 Å². The minimum atomic E-state index is -0.742. The third kappa shape index (κ3) is 19.0. The molecular formula is C90H99F6N21O6. The minimum Gasteiger partial charge on any atom is -0.435 e. The van der Waals surface area contributed by atoms with Crippen LogP contribution in [0.4, 0.5) is 77.9 Å². The van der Waals surface area contributed by atoms with Crippen LogP contribution in [0.2, 0.25) is 0 Å². The van der Waals surface area contributed by atoms with Gasteiger partial charge >= 0.3 is 0 Å². The Morgan fingerprint density at radius 3 is 0.967 bits per heavy atom. The first-order valence-electron chi connectivity index (χ1n) is 42.1. The van der Waals surface area contributed by atoms with Gasteiger partial charge in [-0.3, -0.25) is 14.4 Å². The van der Waals surface area contributed by atoms with Crippen LogP contribution in [-0.4, -0.2) is 218 Å². The summed E-state index contributed by atoms with van der Waals surface area (Å²) in [5.74, 6) is -5.99. The van der Waals surface area contributed by atoms with Gasteiger partial charge in [-0.1, -0.05) is 6.92 Å². The molecule has 3 amide bonds. The predicted molar refractivity (Wildman–Crippen MR) is 463 cm³/mol. The summed E-state index contributed by atoms with van der Waals surface area (Å²) < 4.78 is 108. The highest BCUT2D eigenvalue weighted by Gasteiger charge is 2.34. The summed E-state index contributed by atoms with van der Waals surface area (Å²) in [7, 11) is 2.12. The molecule has 6 fully saturated rings. The van der Waals surface area contributed by atoms with Gasteiger partial charge in [0.05, 0.1) is 16.6 Å². The molecule has 6 aliphatic rings. The van der Waals surface area contributed by atoms with E-state index < -0.39 is 34.9 Å². The molecule has 33 heteroatoms. The number of H-pyrrole nitrogens is 3. The Morgan fingerprint density at radius 1 is 0.374 bits per heavy atom. The van der Waals surface area contributed by atoms with Gasteiger partial charge < -0.3 is 89.6 Å². The first-order valence-corrected chi connectivity index (χ1v) is 42.1. The van der Waals surface area contributed by atoms with E-state index in [-0.39, 0.29) is 119 Å². The highest BCUT2D eigenvalue weighted by molar-refractivity contribution is 6.04. The number of amides is 3. The SMILES string of the molecule is CCN1CCN(c2ccc(Nc3ncnc(Oc4cc(F)c5[nH]c(C)cc5c4F)c3C(=O)N3CCCCC3)cc2)CC1.Cc1cc2c(F)c(Oc3ncnc(Nc4ccc(N5CCN(C)CC5)cc4)c3C(=O)N3CCCCC3)cc(F)c2[nH]1.Cc1cc2c(F)c(Oc3ncnc(Nc4ccc(N5CCNCC5)cc4)c3C(=O)N3CCCCC3)cc(F)c2[nH]1. The highest BCUT2D eigenvalue weighted by atomic mass is 19.1. The van der Waals surface area contributed by atoms with Gasteiger partial charge in [0, 0.05) is 203 Å². The number of ether oxygens (including phenoxy) is 3. The van der Waals surface area contributed by atoms with Crippen LogP contribution in [-0.2, 0) is 0 Å². The number of carbonyl (C=O) groups excluding carboxylic acids is 3. The number of nitrogens with zero attached hydrogens (tertiary/aromatic N) is 14. The molecule has 0 spiro atoms. The molecule has 6 saturated heterocycles. The first kappa shape index (κ1) is 83.9. The van der Waals surface area contributed by atoms with Crippen LogP contribution in [0.1, 0.15) is 113 Å². The highest BCUT2D eigenvalue weighted by Crippen LogP contribution is 2.41. The van der Waals surface area contributed by atoms with Crippen molar-refractivity contribution in [2.24, 2.45) is 0 Å². The van der Waals surface area contributed by atoms with Gasteiger partial charge in [-0.15, -0.1) is 0 Å². The summed E-state index contributed by atoms with van der Waals surface area (Å²) in [6.45, 7) is 23.6. The number of benzene rings is 6. The van der Waals surface area contributed by atoms with Crippen LogP contribution in [0.15, 0.2) is 128 Å². The van der Waals surface area contributed by atoms with Crippen LogP contribution in [0.5, 0.6) is 34.9 Å². The molecule has 0 unspecified atom stereocenters. The Hall–Kier alpha value is -12.8. The average Bonchev–Trinajstić information content (AvgIpc) is 1.77. The largest absolute Gasteiger partial charge is 0.435 e. The third-order valence-electron chi connectivity index (χ3n) is 23.3. The molecule has 12 heterocycles. The molecule has 642 valence electrons. The maximum atomic E-state index is 15.4. The molecule has 6 aromatic carbocycles. The predicted octanol–water partition coefficient (Wildman–Crippen LogP) is 16.4. The molecule has 0 atom stereocenters. The molecule has 123 heavy (non-hydrogen) atoms. The molecule has 27 nitrogen and oxygen atoms in total. The Bertz CT molecular complexity index is 5780. The van der Waals surface area contributed by atoms with Crippen molar-refractivity contribution in [2.75, 3.05) is 162 Å². The molecule has 12 aromatic rings. The van der Waals surface area contributed by atoms with Crippen molar-refractivity contribution < 1.29 is 54.9 Å². The number of aryl methyl sites for hydroxylation is 3. The van der Waals surface area contributed by atoms with E-state index in [9.17, 15) is 27.6 Å². The fourth-order valence-corrected chi connectivity index (χ4v) is 16.5. The minimum absolute atomic E-state index is 0.0567. The van der Waals surface area contributed by atoms with E-state index in [0.29, 0.717) is 56.4 Å². The lowest BCUT2D eigenvalue weighted by molar-refractivity contribution is 0.0713. The zero-order valence-corrected chi connectivity index (χ0v) is 69.4. The van der Waals surface area contributed by atoms with Gasteiger partial charge in [-0.05, 0) is 183 Å². The quantitative estimate of drug-likeness (QED) is 0.0371. The van der Waals surface area contributed by atoms with E-state index in [1.54, 1.807) is 35.5 Å². The normalized spacial score (nSPS) is 16.1. The van der Waals surface area contributed by atoms with Crippen molar-refractivity contribution in [1.82, 2.24) is 74.7 Å². The van der Waals surface area contributed by atoms with Crippen molar-refractivity contribution >= 4 is 102 Å². The molecule has 0 saturated carbocycles. The van der Waals surface area contributed by atoms with Gasteiger partial charge in [-0.2, -0.15) is 0 Å². The van der Waals surface area contributed by atoms with E-state index >= 15 is 13.2 Å². The maximum absolute atomic E-state index is 15.4. The second kappa shape index (κ2) is 37.7. The molecule has 18 rings (SSSR count). The lowest BCUT2D eigenvalue weighted by atomic mass is 10.1. The van der Waals surface area contributed by atoms with E-state index in [0.717, 1.165) is 195 Å². The van der Waals surface area contributed by atoms with Crippen LogP contribution < -0.4 is 50.2 Å². The number of halogens is 6. The number of aromatic nitrogens is 9. The Balaban J connectivity index is 0.000000137. The van der Waals surface area contributed by atoms with Crippen LogP contribution >= 0.6 is 0 Å². The van der Waals surface area contributed by atoms with Crippen LogP contribution in [0, 0.1) is 55.7 Å². The fourth-order valence-electron chi connectivity index (χ4n) is 16.5. The van der Waals surface area contributed by atoms with E-state index in [2.05, 4.69) is 105 Å². The standard InChI is InChI=1S/C31H35F2N7O2.C30H33F2N7O2.C29H31F2N7O2/c1-3-38-13-15-39(16-14-38)22-9-7-21(8-10-22)37-29-26(31(41)40-11-5-4-6-12-40)30(35-19-34-29)42-25-18-24(32)28-23(27(25)33)17-20(2)36-28;1-19-16-22-26(32)24(17-23(31)27(22)35-19)41-29-25(30(40)39-10-4-3-5-11-39)28(33-18-34-29)36-20-6-8-21(9-7-20)38-14-12-37(2)13-15-38;1-18-15-21-25(31)23(16-22(30)26(21)35-18)40-28-24(29(39)38-11-3-2-4-12-38)27(33-17-34-28)36-19-5-7-20(8-6-19)37-13-9-32-10-14-37/h7-10,17-19,36H,3-6,11-16H2,1-2H3,(H,34,35,37);6-9,16-18,35H,3-5,10-15H2,1-2H3,(H,33,34,36);5-8,15-17,32,35H,2-4,9-14H2,1H3,(H,33,34,36). The first-order chi connectivity index (χ1) is 59.7. The van der Waals surface area contributed by atoms with Gasteiger partial charge in [0.25, 0.3) is 17.7 Å². The number of carbonyl (C=O) groups is 3. The molecule has 6 aliphatic heterocycles. The second-order valence-electron chi connectivity index (χ2n) is 31.8. The Morgan fingerprint density at radius 2 is 0.667 bits per heavy atom.